The number of nitrogens with one attached hydrogen (secondary N) is 1. The van der Waals surface area contributed by atoms with Crippen molar-refractivity contribution in [2.75, 3.05) is 13.2 Å². The second-order valence-electron chi connectivity index (χ2n) is 3.95. The van der Waals surface area contributed by atoms with Gasteiger partial charge in [0.25, 0.3) is 5.69 Å². The standard InChI is InChI=1S/C11H13FN2O3/c12-10-7-9(14(15)16)3-4-11(10)17-6-5-13-8-1-2-8/h3-4,7-8,13H,1-2,5-6H2. The van der Waals surface area contributed by atoms with Crippen molar-refractivity contribution in [1.82, 2.24) is 5.32 Å². The zero-order chi connectivity index (χ0) is 12.3. The molecule has 1 aliphatic carbocycles. The van der Waals surface area contributed by atoms with Gasteiger partial charge in [0.05, 0.1) is 11.0 Å². The van der Waals surface area contributed by atoms with E-state index in [4.69, 9.17) is 4.74 Å². The molecule has 2 rings (SSSR count). The average molecular weight is 240 g/mol. The number of nitrogens with zero attached hydrogens (tertiary/aromatic N) is 1. The third kappa shape index (κ3) is 3.39. The molecule has 17 heavy (non-hydrogen) atoms. The highest BCUT2D eigenvalue weighted by Crippen LogP contribution is 2.22. The Bertz CT molecular complexity index is 421. The van der Waals surface area contributed by atoms with Gasteiger partial charge in [-0.3, -0.25) is 10.1 Å². The van der Waals surface area contributed by atoms with Gasteiger partial charge >= 0.3 is 0 Å². The van der Waals surface area contributed by atoms with E-state index in [-0.39, 0.29) is 11.4 Å². The summed E-state index contributed by atoms with van der Waals surface area (Å²) in [5, 5.41) is 13.6. The summed E-state index contributed by atoms with van der Waals surface area (Å²) in [6, 6.07) is 3.96. The largest absolute Gasteiger partial charge is 0.489 e. The molecule has 0 amide bonds. The number of nitro groups is 1. The van der Waals surface area contributed by atoms with Crippen LogP contribution in [0.4, 0.5) is 10.1 Å². The normalized spacial score (nSPS) is 14.6. The van der Waals surface area contributed by atoms with Crippen LogP contribution >= 0.6 is 0 Å². The Hall–Kier alpha value is -1.69. The number of halogens is 1. The van der Waals surface area contributed by atoms with Crippen LogP contribution in [0.25, 0.3) is 0 Å². The molecule has 0 atom stereocenters. The quantitative estimate of drug-likeness (QED) is 0.468. The van der Waals surface area contributed by atoms with Gasteiger partial charge < -0.3 is 10.1 Å². The molecule has 1 aromatic carbocycles. The van der Waals surface area contributed by atoms with Crippen LogP contribution < -0.4 is 10.1 Å². The molecular weight excluding hydrogens is 227 g/mol. The van der Waals surface area contributed by atoms with Gasteiger partial charge in [0.2, 0.25) is 0 Å². The number of nitro benzene ring substituents is 1. The van der Waals surface area contributed by atoms with Gasteiger partial charge in [-0.2, -0.15) is 0 Å². The van der Waals surface area contributed by atoms with Gasteiger partial charge in [-0.05, 0) is 18.9 Å². The Kier molecular flexibility index (Phi) is 3.53. The number of rotatable bonds is 6. The maximum absolute atomic E-state index is 13.4. The molecule has 0 radical (unpaired) electrons. The summed E-state index contributed by atoms with van der Waals surface area (Å²) < 4.78 is 18.5. The SMILES string of the molecule is O=[N+]([O-])c1ccc(OCCNC2CC2)c(F)c1. The van der Waals surface area contributed by atoms with Crippen molar-refractivity contribution in [3.8, 4) is 5.75 Å². The minimum absolute atomic E-state index is 0.0493. The Morgan fingerprint density at radius 2 is 2.29 bits per heavy atom. The summed E-state index contributed by atoms with van der Waals surface area (Å²) in [6.45, 7) is 1.01. The highest BCUT2D eigenvalue weighted by atomic mass is 19.1. The molecule has 92 valence electrons. The molecule has 1 N–H and O–H groups in total. The van der Waals surface area contributed by atoms with Gasteiger partial charge in [-0.25, -0.2) is 4.39 Å². The average Bonchev–Trinajstić information content (AvgIpc) is 3.09. The lowest BCUT2D eigenvalue weighted by molar-refractivity contribution is -0.385. The van der Waals surface area contributed by atoms with Crippen LogP contribution in [-0.4, -0.2) is 24.1 Å². The molecule has 0 unspecified atom stereocenters. The van der Waals surface area contributed by atoms with E-state index in [0.717, 1.165) is 6.07 Å². The topological polar surface area (TPSA) is 64.4 Å². The second kappa shape index (κ2) is 5.09. The summed E-state index contributed by atoms with van der Waals surface area (Å²) in [4.78, 5) is 9.76. The van der Waals surface area contributed by atoms with E-state index in [0.29, 0.717) is 19.2 Å². The zero-order valence-corrected chi connectivity index (χ0v) is 9.19. The van der Waals surface area contributed by atoms with E-state index in [1.165, 1.54) is 25.0 Å². The van der Waals surface area contributed by atoms with Gasteiger partial charge in [0.15, 0.2) is 11.6 Å². The third-order valence-electron chi connectivity index (χ3n) is 2.50. The fourth-order valence-corrected chi connectivity index (χ4v) is 1.43. The summed E-state index contributed by atoms with van der Waals surface area (Å²) in [5.41, 5.74) is -0.272. The van der Waals surface area contributed by atoms with Crippen LogP contribution in [0, 0.1) is 15.9 Å². The lowest BCUT2D eigenvalue weighted by atomic mass is 10.3. The Morgan fingerprint density at radius 1 is 1.53 bits per heavy atom. The van der Waals surface area contributed by atoms with Crippen molar-refractivity contribution < 1.29 is 14.1 Å². The first-order valence-electron chi connectivity index (χ1n) is 5.47. The molecule has 0 bridgehead atoms. The number of non-ortho nitro benzene ring substituents is 1. The molecule has 1 aromatic rings. The minimum Gasteiger partial charge on any atom is -0.489 e. The minimum atomic E-state index is -0.703. The molecule has 0 saturated heterocycles. The van der Waals surface area contributed by atoms with Crippen LogP contribution in [0.2, 0.25) is 0 Å². The number of benzene rings is 1. The van der Waals surface area contributed by atoms with Crippen molar-refractivity contribution in [2.24, 2.45) is 0 Å². The van der Waals surface area contributed by atoms with Crippen LogP contribution in [0.15, 0.2) is 18.2 Å². The van der Waals surface area contributed by atoms with E-state index < -0.39 is 10.7 Å². The van der Waals surface area contributed by atoms with Gasteiger partial charge in [0, 0.05) is 18.7 Å². The first-order chi connectivity index (χ1) is 8.16. The monoisotopic (exact) mass is 240 g/mol. The maximum Gasteiger partial charge on any atom is 0.272 e. The number of hydrogen-bond donors (Lipinski definition) is 1. The van der Waals surface area contributed by atoms with Crippen molar-refractivity contribution >= 4 is 5.69 Å². The maximum atomic E-state index is 13.4. The third-order valence-corrected chi connectivity index (χ3v) is 2.50. The Balaban J connectivity index is 1.84. The molecule has 0 spiro atoms. The van der Waals surface area contributed by atoms with Crippen LogP contribution in [0.1, 0.15) is 12.8 Å². The van der Waals surface area contributed by atoms with Gasteiger partial charge in [0.1, 0.15) is 6.61 Å². The summed E-state index contributed by atoms with van der Waals surface area (Å²) in [5.74, 6) is -0.654. The Labute approximate surface area is 97.7 Å². The number of hydrogen-bond acceptors (Lipinski definition) is 4. The molecule has 6 heteroatoms. The van der Waals surface area contributed by atoms with Gasteiger partial charge in [-0.1, -0.05) is 0 Å². The van der Waals surface area contributed by atoms with E-state index in [1.807, 2.05) is 0 Å². The fourth-order valence-electron chi connectivity index (χ4n) is 1.43. The molecule has 1 saturated carbocycles. The lowest BCUT2D eigenvalue weighted by Gasteiger charge is -2.07. The van der Waals surface area contributed by atoms with E-state index >= 15 is 0 Å². The number of ether oxygens (including phenoxy) is 1. The first-order valence-corrected chi connectivity index (χ1v) is 5.47. The highest BCUT2D eigenvalue weighted by Gasteiger charge is 2.19. The molecule has 0 aromatic heterocycles. The lowest BCUT2D eigenvalue weighted by Crippen LogP contribution is -2.23. The second-order valence-corrected chi connectivity index (χ2v) is 3.95. The molecular formula is C11H13FN2O3. The van der Waals surface area contributed by atoms with Crippen LogP contribution in [0.5, 0.6) is 5.75 Å². The van der Waals surface area contributed by atoms with Crippen molar-refractivity contribution in [1.29, 1.82) is 0 Å². The van der Waals surface area contributed by atoms with Crippen LogP contribution in [-0.2, 0) is 0 Å². The van der Waals surface area contributed by atoms with Crippen molar-refractivity contribution in [3.63, 3.8) is 0 Å². The van der Waals surface area contributed by atoms with E-state index in [9.17, 15) is 14.5 Å². The smallest absolute Gasteiger partial charge is 0.272 e. The van der Waals surface area contributed by atoms with Crippen LogP contribution in [0.3, 0.4) is 0 Å². The predicted molar refractivity (Wildman–Crippen MR) is 59.6 cm³/mol. The van der Waals surface area contributed by atoms with E-state index in [1.54, 1.807) is 0 Å². The molecule has 0 aliphatic heterocycles. The van der Waals surface area contributed by atoms with E-state index in [2.05, 4.69) is 5.32 Å². The molecule has 0 heterocycles. The fraction of sp³-hybridized carbons (Fsp3) is 0.455. The van der Waals surface area contributed by atoms with Gasteiger partial charge in [-0.15, -0.1) is 0 Å². The molecule has 1 fully saturated rings. The zero-order valence-electron chi connectivity index (χ0n) is 9.19. The predicted octanol–water partition coefficient (Wildman–Crippen LogP) is 1.86. The first kappa shape index (κ1) is 11.8. The molecule has 5 nitrogen and oxygen atoms in total. The molecule has 1 aliphatic rings. The van der Waals surface area contributed by atoms with Crippen molar-refractivity contribution in [2.45, 2.75) is 18.9 Å². The summed E-state index contributed by atoms with van der Waals surface area (Å²) in [7, 11) is 0. The highest BCUT2D eigenvalue weighted by molar-refractivity contribution is 5.37. The Morgan fingerprint density at radius 3 is 2.88 bits per heavy atom. The van der Waals surface area contributed by atoms with Crippen molar-refractivity contribution in [3.05, 3.63) is 34.1 Å². The summed E-state index contributed by atoms with van der Waals surface area (Å²) in [6.07, 6.45) is 2.37. The summed E-state index contributed by atoms with van der Waals surface area (Å²) >= 11 is 0.